The molecule has 0 aromatic rings. The van der Waals surface area contributed by atoms with Crippen molar-refractivity contribution in [1.29, 1.82) is 0 Å². The van der Waals surface area contributed by atoms with E-state index in [1.54, 1.807) is 0 Å². The molecule has 3 aliphatic heterocycles. The smallest absolute Gasteiger partial charge is 0.0156 e. The van der Waals surface area contributed by atoms with Crippen LogP contribution in [0.5, 0.6) is 0 Å². The summed E-state index contributed by atoms with van der Waals surface area (Å²) < 4.78 is 0. The van der Waals surface area contributed by atoms with Gasteiger partial charge < -0.3 is 5.32 Å². The molecule has 1 N–H and O–H groups in total. The minimum atomic E-state index is 0.667. The third-order valence-corrected chi connectivity index (χ3v) is 5.82. The Kier molecular flexibility index (Phi) is 3.20. The van der Waals surface area contributed by atoms with Crippen molar-refractivity contribution in [2.24, 2.45) is 17.3 Å². The van der Waals surface area contributed by atoms with E-state index in [2.05, 4.69) is 24.1 Å². The zero-order valence-corrected chi connectivity index (χ0v) is 11.5. The van der Waals surface area contributed by atoms with Gasteiger partial charge in [0, 0.05) is 6.04 Å². The second-order valence-electron chi connectivity index (χ2n) is 6.84. The van der Waals surface area contributed by atoms with Crippen LogP contribution in [0.1, 0.15) is 46.0 Å². The molecule has 3 heterocycles. The Hall–Kier alpha value is -0.0800. The standard InChI is InChI=1S/C15H28N2/c1-12(2)13-11-16-8-6-15(13)7-10-17-9-4-3-5-14(15)17/h12-14,16H,3-11H2,1-2H3. The van der Waals surface area contributed by atoms with Crippen molar-refractivity contribution >= 4 is 0 Å². The second kappa shape index (κ2) is 4.55. The van der Waals surface area contributed by atoms with E-state index in [1.807, 2.05) is 0 Å². The highest BCUT2D eigenvalue weighted by atomic mass is 15.2. The predicted octanol–water partition coefficient (Wildman–Crippen LogP) is 2.50. The molecule has 3 atom stereocenters. The third-order valence-electron chi connectivity index (χ3n) is 5.82. The fourth-order valence-corrected chi connectivity index (χ4v) is 5.02. The van der Waals surface area contributed by atoms with Gasteiger partial charge >= 0.3 is 0 Å². The van der Waals surface area contributed by atoms with Crippen LogP contribution in [-0.4, -0.2) is 37.1 Å². The van der Waals surface area contributed by atoms with Crippen molar-refractivity contribution in [1.82, 2.24) is 10.2 Å². The molecule has 3 aliphatic rings. The average molecular weight is 236 g/mol. The van der Waals surface area contributed by atoms with E-state index in [0.29, 0.717) is 5.41 Å². The minimum Gasteiger partial charge on any atom is -0.316 e. The van der Waals surface area contributed by atoms with Crippen LogP contribution in [-0.2, 0) is 0 Å². The lowest BCUT2D eigenvalue weighted by atomic mass is 9.61. The molecule has 0 bridgehead atoms. The van der Waals surface area contributed by atoms with Crippen LogP contribution >= 0.6 is 0 Å². The molecule has 3 fully saturated rings. The lowest BCUT2D eigenvalue weighted by Crippen LogP contribution is -2.54. The van der Waals surface area contributed by atoms with Gasteiger partial charge in [0.05, 0.1) is 0 Å². The lowest BCUT2D eigenvalue weighted by molar-refractivity contribution is 0.0136. The van der Waals surface area contributed by atoms with Crippen molar-refractivity contribution in [3.05, 3.63) is 0 Å². The summed E-state index contributed by atoms with van der Waals surface area (Å²) in [6.07, 6.45) is 7.29. The first-order chi connectivity index (χ1) is 8.24. The first-order valence-electron chi connectivity index (χ1n) is 7.69. The fraction of sp³-hybridized carbons (Fsp3) is 1.00. The van der Waals surface area contributed by atoms with E-state index in [4.69, 9.17) is 0 Å². The van der Waals surface area contributed by atoms with E-state index in [1.165, 1.54) is 58.3 Å². The maximum Gasteiger partial charge on any atom is 0.0156 e. The highest BCUT2D eigenvalue weighted by Gasteiger charge is 2.53. The normalized spacial score (nSPS) is 43.2. The Morgan fingerprint density at radius 3 is 2.88 bits per heavy atom. The number of hydrogen-bond donors (Lipinski definition) is 1. The molecule has 0 amide bonds. The van der Waals surface area contributed by atoms with Gasteiger partial charge in [0.25, 0.3) is 0 Å². The highest BCUT2D eigenvalue weighted by molar-refractivity contribution is 5.06. The van der Waals surface area contributed by atoms with Gasteiger partial charge in [-0.3, -0.25) is 4.90 Å². The molecule has 98 valence electrons. The maximum absolute atomic E-state index is 3.64. The topological polar surface area (TPSA) is 15.3 Å². The van der Waals surface area contributed by atoms with Crippen molar-refractivity contribution in [3.8, 4) is 0 Å². The molecule has 0 saturated carbocycles. The highest BCUT2D eigenvalue weighted by Crippen LogP contribution is 2.52. The Bertz CT molecular complexity index is 276. The van der Waals surface area contributed by atoms with Gasteiger partial charge in [-0.2, -0.15) is 0 Å². The molecular formula is C15H28N2. The second-order valence-corrected chi connectivity index (χ2v) is 6.84. The maximum atomic E-state index is 3.64. The molecule has 3 saturated heterocycles. The number of nitrogens with one attached hydrogen (secondary N) is 1. The molecule has 0 aliphatic carbocycles. The van der Waals surface area contributed by atoms with Crippen LogP contribution in [0.25, 0.3) is 0 Å². The van der Waals surface area contributed by atoms with Crippen LogP contribution in [0, 0.1) is 17.3 Å². The van der Waals surface area contributed by atoms with Crippen molar-refractivity contribution < 1.29 is 0 Å². The van der Waals surface area contributed by atoms with E-state index < -0.39 is 0 Å². The summed E-state index contributed by atoms with van der Waals surface area (Å²) in [5, 5.41) is 3.64. The van der Waals surface area contributed by atoms with Crippen LogP contribution < -0.4 is 5.32 Å². The van der Waals surface area contributed by atoms with Crippen molar-refractivity contribution in [2.75, 3.05) is 26.2 Å². The van der Waals surface area contributed by atoms with Crippen LogP contribution in [0.15, 0.2) is 0 Å². The summed E-state index contributed by atoms with van der Waals surface area (Å²) in [7, 11) is 0. The van der Waals surface area contributed by atoms with Gasteiger partial charge in [-0.1, -0.05) is 20.3 Å². The SMILES string of the molecule is CC(C)C1CNCCC12CCN1CCCCC12. The molecule has 3 unspecified atom stereocenters. The first-order valence-corrected chi connectivity index (χ1v) is 7.69. The zero-order chi connectivity index (χ0) is 11.9. The van der Waals surface area contributed by atoms with E-state index in [9.17, 15) is 0 Å². The number of rotatable bonds is 1. The number of hydrogen-bond acceptors (Lipinski definition) is 2. The molecule has 2 nitrogen and oxygen atoms in total. The zero-order valence-electron chi connectivity index (χ0n) is 11.5. The summed E-state index contributed by atoms with van der Waals surface area (Å²) in [5.74, 6) is 1.74. The van der Waals surface area contributed by atoms with Gasteiger partial charge in [0.2, 0.25) is 0 Å². The van der Waals surface area contributed by atoms with E-state index in [-0.39, 0.29) is 0 Å². The number of fused-ring (bicyclic) bond motifs is 2. The van der Waals surface area contributed by atoms with Crippen molar-refractivity contribution in [2.45, 2.75) is 52.0 Å². The largest absolute Gasteiger partial charge is 0.316 e. The number of piperidine rings is 2. The van der Waals surface area contributed by atoms with Crippen LogP contribution in [0.4, 0.5) is 0 Å². The minimum absolute atomic E-state index is 0.667. The molecule has 17 heavy (non-hydrogen) atoms. The van der Waals surface area contributed by atoms with E-state index >= 15 is 0 Å². The summed E-state index contributed by atoms with van der Waals surface area (Å²) in [6.45, 7) is 10.2. The van der Waals surface area contributed by atoms with Gasteiger partial charge in [-0.25, -0.2) is 0 Å². The lowest BCUT2D eigenvalue weighted by Gasteiger charge is -2.50. The Morgan fingerprint density at radius 2 is 2.06 bits per heavy atom. The Labute approximate surface area is 106 Å². The quantitative estimate of drug-likeness (QED) is 0.752. The predicted molar refractivity (Wildman–Crippen MR) is 72.1 cm³/mol. The van der Waals surface area contributed by atoms with Gasteiger partial charge in [-0.15, -0.1) is 0 Å². The van der Waals surface area contributed by atoms with E-state index in [0.717, 1.165) is 17.9 Å². The van der Waals surface area contributed by atoms with Crippen LogP contribution in [0.2, 0.25) is 0 Å². The Balaban J connectivity index is 1.86. The number of nitrogens with zero attached hydrogens (tertiary/aromatic N) is 1. The summed E-state index contributed by atoms with van der Waals surface area (Å²) in [5.41, 5.74) is 0.667. The summed E-state index contributed by atoms with van der Waals surface area (Å²) >= 11 is 0. The summed E-state index contributed by atoms with van der Waals surface area (Å²) in [6, 6.07) is 0.922. The molecule has 2 heteroatoms. The average Bonchev–Trinajstić information content (AvgIpc) is 2.70. The molecule has 0 aromatic heterocycles. The first kappa shape index (κ1) is 12.0. The Morgan fingerprint density at radius 1 is 1.18 bits per heavy atom. The fourth-order valence-electron chi connectivity index (χ4n) is 5.02. The molecule has 1 spiro atoms. The molecule has 0 radical (unpaired) electrons. The molecule has 0 aromatic carbocycles. The third kappa shape index (κ3) is 1.84. The monoisotopic (exact) mass is 236 g/mol. The van der Waals surface area contributed by atoms with Gasteiger partial charge in [0.1, 0.15) is 0 Å². The van der Waals surface area contributed by atoms with Crippen molar-refractivity contribution in [3.63, 3.8) is 0 Å². The van der Waals surface area contributed by atoms with Gasteiger partial charge in [0.15, 0.2) is 0 Å². The summed E-state index contributed by atoms with van der Waals surface area (Å²) in [4.78, 5) is 2.82. The van der Waals surface area contributed by atoms with Crippen LogP contribution in [0.3, 0.4) is 0 Å². The molecular weight excluding hydrogens is 208 g/mol. The van der Waals surface area contributed by atoms with Gasteiger partial charge in [-0.05, 0) is 69.1 Å². The molecule has 3 rings (SSSR count).